The van der Waals surface area contributed by atoms with E-state index in [4.69, 9.17) is 23.2 Å². The fraction of sp³-hybridized carbons (Fsp3) is 0.182. The Bertz CT molecular complexity index is 519. The number of rotatable bonds is 3. The summed E-state index contributed by atoms with van der Waals surface area (Å²) in [6.07, 6.45) is 0. The Kier molecular flexibility index (Phi) is 4.31. The van der Waals surface area contributed by atoms with Crippen molar-refractivity contribution in [2.24, 2.45) is 0 Å². The third-order valence-electron chi connectivity index (χ3n) is 2.12. The van der Waals surface area contributed by atoms with Crippen molar-refractivity contribution in [1.82, 2.24) is 4.98 Å². The summed E-state index contributed by atoms with van der Waals surface area (Å²) in [7, 11) is 0. The molecule has 1 N–H and O–H groups in total. The topological polar surface area (TPSA) is 24.9 Å². The van der Waals surface area contributed by atoms with Crippen LogP contribution in [0, 0.1) is 6.92 Å². The predicted molar refractivity (Wildman–Crippen MR) is 78.3 cm³/mol. The van der Waals surface area contributed by atoms with Crippen molar-refractivity contribution >= 4 is 56.2 Å². The third kappa shape index (κ3) is 3.35. The van der Waals surface area contributed by atoms with Crippen LogP contribution in [0.1, 0.15) is 10.7 Å². The summed E-state index contributed by atoms with van der Waals surface area (Å²) >= 11 is 17.2. The summed E-state index contributed by atoms with van der Waals surface area (Å²) in [4.78, 5) is 4.36. The van der Waals surface area contributed by atoms with E-state index in [0.717, 1.165) is 20.9 Å². The molecule has 0 radical (unpaired) electrons. The van der Waals surface area contributed by atoms with E-state index in [1.165, 1.54) is 0 Å². The van der Waals surface area contributed by atoms with Gasteiger partial charge in [0.2, 0.25) is 0 Å². The number of hydrogen-bond acceptors (Lipinski definition) is 3. The highest BCUT2D eigenvalue weighted by atomic mass is 79.9. The molecule has 90 valence electrons. The monoisotopic (exact) mass is 350 g/mol. The molecule has 1 aromatic carbocycles. The maximum atomic E-state index is 6.11. The van der Waals surface area contributed by atoms with Crippen LogP contribution in [0.5, 0.6) is 0 Å². The summed E-state index contributed by atoms with van der Waals surface area (Å²) < 4.78 is 0.863. The number of thiazole rings is 1. The largest absolute Gasteiger partial charge is 0.377 e. The van der Waals surface area contributed by atoms with Crippen LogP contribution in [0.3, 0.4) is 0 Å². The van der Waals surface area contributed by atoms with E-state index in [1.54, 1.807) is 11.3 Å². The van der Waals surface area contributed by atoms with Crippen LogP contribution in [0.25, 0.3) is 0 Å². The van der Waals surface area contributed by atoms with Crippen LogP contribution in [-0.4, -0.2) is 4.98 Å². The lowest BCUT2D eigenvalue weighted by Gasteiger charge is -2.09. The van der Waals surface area contributed by atoms with Gasteiger partial charge >= 0.3 is 0 Å². The molecular weight excluding hydrogens is 343 g/mol. The number of anilines is 1. The van der Waals surface area contributed by atoms with Crippen molar-refractivity contribution in [2.75, 3.05) is 5.32 Å². The van der Waals surface area contributed by atoms with Crippen molar-refractivity contribution < 1.29 is 0 Å². The van der Waals surface area contributed by atoms with E-state index in [-0.39, 0.29) is 0 Å². The molecule has 6 heteroatoms. The third-order valence-corrected chi connectivity index (χ3v) is 4.00. The Morgan fingerprint density at radius 3 is 2.53 bits per heavy atom. The van der Waals surface area contributed by atoms with Crippen molar-refractivity contribution in [3.8, 4) is 0 Å². The highest BCUT2D eigenvalue weighted by molar-refractivity contribution is 9.10. The molecule has 2 aromatic rings. The quantitative estimate of drug-likeness (QED) is 0.828. The minimum absolute atomic E-state index is 0.594. The molecule has 0 saturated carbocycles. The Morgan fingerprint density at radius 1 is 1.35 bits per heavy atom. The van der Waals surface area contributed by atoms with Gasteiger partial charge < -0.3 is 5.32 Å². The number of hydrogen-bond donors (Lipinski definition) is 1. The number of benzene rings is 1. The zero-order chi connectivity index (χ0) is 12.4. The lowest BCUT2D eigenvalue weighted by molar-refractivity contribution is 1.05. The molecule has 2 nitrogen and oxygen atoms in total. The zero-order valence-corrected chi connectivity index (χ0v) is 12.8. The Balaban J connectivity index is 2.14. The van der Waals surface area contributed by atoms with E-state index >= 15 is 0 Å². The number of halogens is 3. The summed E-state index contributed by atoms with van der Waals surface area (Å²) in [5.41, 5.74) is 1.73. The minimum atomic E-state index is 0.594. The second-order valence-electron chi connectivity index (χ2n) is 3.46. The van der Waals surface area contributed by atoms with Gasteiger partial charge in [0.15, 0.2) is 0 Å². The first kappa shape index (κ1) is 13.1. The second kappa shape index (κ2) is 5.57. The predicted octanol–water partition coefficient (Wildman–Crippen LogP) is 5.13. The van der Waals surface area contributed by atoms with Gasteiger partial charge in [0, 0.05) is 9.85 Å². The molecule has 0 aliphatic heterocycles. The maximum Gasteiger partial charge on any atom is 0.0898 e. The Morgan fingerprint density at radius 2 is 2.00 bits per heavy atom. The van der Waals surface area contributed by atoms with Gasteiger partial charge in [-0.2, -0.15) is 0 Å². The smallest absolute Gasteiger partial charge is 0.0898 e. The SMILES string of the molecule is Cc1nc(CNc2c(Cl)cc(Br)cc2Cl)cs1. The molecule has 1 heterocycles. The van der Waals surface area contributed by atoms with E-state index in [1.807, 2.05) is 24.4 Å². The average molecular weight is 352 g/mol. The van der Waals surface area contributed by atoms with Gasteiger partial charge in [-0.25, -0.2) is 4.98 Å². The summed E-state index contributed by atoms with van der Waals surface area (Å²) in [5.74, 6) is 0. The van der Waals surface area contributed by atoms with Gasteiger partial charge in [0.25, 0.3) is 0 Å². The molecule has 1 aromatic heterocycles. The van der Waals surface area contributed by atoms with Crippen molar-refractivity contribution in [2.45, 2.75) is 13.5 Å². The molecule has 0 unspecified atom stereocenters. The van der Waals surface area contributed by atoms with Crippen LogP contribution in [0.2, 0.25) is 10.0 Å². The molecular formula is C11H9BrCl2N2S. The van der Waals surface area contributed by atoms with E-state index < -0.39 is 0 Å². The molecule has 0 amide bonds. The van der Waals surface area contributed by atoms with Crippen LogP contribution in [0.15, 0.2) is 22.0 Å². The van der Waals surface area contributed by atoms with Gasteiger partial charge in [-0.3, -0.25) is 0 Å². The van der Waals surface area contributed by atoms with Gasteiger partial charge in [-0.05, 0) is 19.1 Å². The number of nitrogens with zero attached hydrogens (tertiary/aromatic N) is 1. The first-order valence-corrected chi connectivity index (χ1v) is 7.28. The lowest BCUT2D eigenvalue weighted by atomic mass is 10.3. The molecule has 17 heavy (non-hydrogen) atoms. The molecule has 0 bridgehead atoms. The number of nitrogens with one attached hydrogen (secondary N) is 1. The molecule has 0 aliphatic rings. The van der Waals surface area contributed by atoms with E-state index in [0.29, 0.717) is 16.6 Å². The fourth-order valence-corrected chi connectivity index (χ4v) is 3.33. The Hall–Kier alpha value is -0.290. The Labute approximate surface area is 122 Å². The van der Waals surface area contributed by atoms with Gasteiger partial charge in [0.1, 0.15) is 0 Å². The highest BCUT2D eigenvalue weighted by Crippen LogP contribution is 2.34. The van der Waals surface area contributed by atoms with E-state index in [2.05, 4.69) is 26.2 Å². The van der Waals surface area contributed by atoms with Gasteiger partial charge in [-0.15, -0.1) is 11.3 Å². The zero-order valence-electron chi connectivity index (χ0n) is 8.93. The molecule has 0 atom stereocenters. The highest BCUT2D eigenvalue weighted by Gasteiger charge is 2.07. The molecule has 0 fully saturated rings. The summed E-state index contributed by atoms with van der Waals surface area (Å²) in [6, 6.07) is 3.62. The molecule has 0 aliphatic carbocycles. The molecule has 0 saturated heterocycles. The minimum Gasteiger partial charge on any atom is -0.377 e. The van der Waals surface area contributed by atoms with Crippen LogP contribution < -0.4 is 5.32 Å². The first-order chi connectivity index (χ1) is 8.06. The first-order valence-electron chi connectivity index (χ1n) is 4.85. The molecule has 0 spiro atoms. The van der Waals surface area contributed by atoms with Gasteiger partial charge in [0.05, 0.1) is 33.0 Å². The standard InChI is InChI=1S/C11H9BrCl2N2S/c1-6-16-8(5-17-6)4-15-11-9(13)2-7(12)3-10(11)14/h2-3,5,15H,4H2,1H3. The number of aromatic nitrogens is 1. The lowest BCUT2D eigenvalue weighted by Crippen LogP contribution is -2.01. The van der Waals surface area contributed by atoms with Crippen LogP contribution in [0.4, 0.5) is 5.69 Å². The van der Waals surface area contributed by atoms with Crippen LogP contribution >= 0.6 is 50.5 Å². The fourth-order valence-electron chi connectivity index (χ4n) is 1.38. The van der Waals surface area contributed by atoms with Gasteiger partial charge in [-0.1, -0.05) is 39.1 Å². The normalized spacial score (nSPS) is 10.6. The summed E-state index contributed by atoms with van der Waals surface area (Å²) in [6.45, 7) is 2.60. The molecule has 2 rings (SSSR count). The average Bonchev–Trinajstić information content (AvgIpc) is 2.62. The number of aryl methyl sites for hydroxylation is 1. The second-order valence-corrected chi connectivity index (χ2v) is 6.25. The van der Waals surface area contributed by atoms with E-state index in [9.17, 15) is 0 Å². The van der Waals surface area contributed by atoms with Crippen LogP contribution in [-0.2, 0) is 6.54 Å². The van der Waals surface area contributed by atoms with Crippen molar-refractivity contribution in [1.29, 1.82) is 0 Å². The van der Waals surface area contributed by atoms with Crippen molar-refractivity contribution in [3.63, 3.8) is 0 Å². The maximum absolute atomic E-state index is 6.11. The van der Waals surface area contributed by atoms with Crippen molar-refractivity contribution in [3.05, 3.63) is 42.7 Å². The summed E-state index contributed by atoms with van der Waals surface area (Å²) in [5, 5.41) is 7.45.